The fraction of sp³-hybridized carbons (Fsp3) is 0.432. The number of aryl methyl sites for hydroxylation is 4. The smallest absolute Gasteiger partial charge is 0.274 e. The summed E-state index contributed by atoms with van der Waals surface area (Å²) in [6.07, 6.45) is 18.6. The number of halogens is 4. The van der Waals surface area contributed by atoms with Gasteiger partial charge in [0.2, 0.25) is 0 Å². The monoisotopic (exact) mass is 946 g/mol. The normalized spacial score (nSPS) is 14.0. The number of imidazole rings is 2. The van der Waals surface area contributed by atoms with E-state index in [0.717, 1.165) is 95.1 Å². The Balaban J connectivity index is 0.00000352. The minimum Gasteiger partial charge on any atom is -1.00 e. The van der Waals surface area contributed by atoms with Gasteiger partial charge < -0.3 is 52.3 Å². The van der Waals surface area contributed by atoms with Gasteiger partial charge >= 0.3 is 0 Å². The maximum absolute atomic E-state index is 13.3. The number of nitrogen functional groups attached to an aromatic ring is 2. The molecule has 1 saturated heterocycles. The van der Waals surface area contributed by atoms with Crippen LogP contribution in [-0.2, 0) is 35.5 Å². The Morgan fingerprint density at radius 2 is 1.25 bits per heavy atom. The molecule has 1 atom stereocenters. The van der Waals surface area contributed by atoms with E-state index in [1.165, 1.54) is 11.1 Å². The summed E-state index contributed by atoms with van der Waals surface area (Å²) in [5.41, 5.74) is 14.1. The van der Waals surface area contributed by atoms with E-state index in [-0.39, 0.29) is 90.5 Å². The van der Waals surface area contributed by atoms with Crippen molar-refractivity contribution < 1.29 is 40.7 Å². The summed E-state index contributed by atoms with van der Waals surface area (Å²) in [5, 5.41) is 3.11. The van der Waals surface area contributed by atoms with E-state index in [9.17, 15) is 14.4 Å². The SMILES string of the molecule is Cl.Cl.Nc1nc(N)c(C(=O)N[C@H]2CCC[N+](CCCc3ccc(OCC(=O)CCCn4ccnc4)cc3)(CCCc3ccc(OCC(=O)CCCn4ccnc4)cc3)C2)nc1Cl.[Cl-]. The lowest BCUT2D eigenvalue weighted by Crippen LogP contribution is -3.00. The second-order valence-corrected chi connectivity index (χ2v) is 16.0. The fourth-order valence-electron chi connectivity index (χ4n) is 7.79. The molecule has 1 amide bonds. The maximum Gasteiger partial charge on any atom is 0.274 e. The molecular weight excluding hydrogens is 890 g/mol. The molecule has 0 bridgehead atoms. The van der Waals surface area contributed by atoms with Gasteiger partial charge in [0.15, 0.2) is 34.0 Å². The van der Waals surface area contributed by atoms with Crippen molar-refractivity contribution in [3.05, 3.63) is 108 Å². The highest BCUT2D eigenvalue weighted by molar-refractivity contribution is 6.31. The summed E-state index contributed by atoms with van der Waals surface area (Å²) in [5.74, 6) is 1.01. The average molecular weight is 949 g/mol. The first-order chi connectivity index (χ1) is 29.1. The number of amides is 1. The molecule has 3 aromatic heterocycles. The van der Waals surface area contributed by atoms with E-state index in [2.05, 4.69) is 49.5 Å². The second kappa shape index (κ2) is 26.6. The average Bonchev–Trinajstić information content (AvgIpc) is 3.97. The first-order valence-corrected chi connectivity index (χ1v) is 21.1. The highest BCUT2D eigenvalue weighted by atomic mass is 35.5. The Labute approximate surface area is 392 Å². The van der Waals surface area contributed by atoms with Crippen LogP contribution in [-0.4, -0.2) is 96.5 Å². The first kappa shape index (κ1) is 52.4. The van der Waals surface area contributed by atoms with E-state index in [1.807, 2.05) is 45.8 Å². The van der Waals surface area contributed by atoms with Gasteiger partial charge in [-0.15, -0.1) is 24.8 Å². The van der Waals surface area contributed by atoms with Crippen LogP contribution in [0.15, 0.2) is 86.0 Å². The van der Waals surface area contributed by atoms with Crippen LogP contribution in [0.25, 0.3) is 0 Å². The van der Waals surface area contributed by atoms with E-state index in [4.69, 9.17) is 32.5 Å². The number of Topliss-reactive ketones (excluding diaryl/α,β-unsaturated/α-hetero) is 2. The number of carbonyl (C=O) groups is 3. The molecule has 342 valence electrons. The molecule has 0 saturated carbocycles. The van der Waals surface area contributed by atoms with E-state index >= 15 is 0 Å². The number of piperidine rings is 1. The zero-order valence-electron chi connectivity index (χ0n) is 35.3. The summed E-state index contributed by atoms with van der Waals surface area (Å²) in [6.45, 7) is 5.28. The fourth-order valence-corrected chi connectivity index (χ4v) is 7.92. The maximum atomic E-state index is 13.3. The number of ketones is 2. The molecule has 2 aromatic carbocycles. The summed E-state index contributed by atoms with van der Waals surface area (Å²) < 4.78 is 16.4. The van der Waals surface area contributed by atoms with Gasteiger partial charge in [0.1, 0.15) is 24.7 Å². The van der Waals surface area contributed by atoms with Crippen LogP contribution in [0.5, 0.6) is 11.5 Å². The molecule has 6 rings (SSSR count). The third kappa shape index (κ3) is 16.9. The summed E-state index contributed by atoms with van der Waals surface area (Å²) in [7, 11) is 0. The molecule has 1 fully saturated rings. The number of ether oxygens (including phenoxy) is 2. The lowest BCUT2D eigenvalue weighted by molar-refractivity contribution is -0.933. The number of nitrogens with zero attached hydrogens (tertiary/aromatic N) is 7. The number of rotatable bonds is 24. The number of anilines is 2. The number of hydrogen-bond donors (Lipinski definition) is 3. The molecule has 1 aliphatic heterocycles. The standard InChI is InChI=1S/C44H55ClN10O5.3ClH/c45-41-43(47)52-42(46)40(51-41)44(58)50-35-8-5-27-55(28-35,25-3-6-33-11-15-38(16-12-33)59-29-36(56)9-1-21-53-23-19-48-31-53)26-4-7-34-13-17-39(18-14-34)60-30-37(57)10-2-22-54-24-20-49-32-54;;;/h11-20,23-24,31-32,35H,1-10,21-22,25-30H2,(H4-,46,47,50,52,58);3*1H/t35-;;;/m0.../s1. The van der Waals surface area contributed by atoms with Gasteiger partial charge in [-0.1, -0.05) is 35.9 Å². The van der Waals surface area contributed by atoms with Crippen molar-refractivity contribution in [3.63, 3.8) is 0 Å². The van der Waals surface area contributed by atoms with Crippen LogP contribution in [0.1, 0.15) is 73.0 Å². The van der Waals surface area contributed by atoms with E-state index in [1.54, 1.807) is 25.0 Å². The summed E-state index contributed by atoms with van der Waals surface area (Å²) in [6, 6.07) is 15.9. The number of carbonyl (C=O) groups excluding carboxylic acids is 3. The van der Waals surface area contributed by atoms with Gasteiger partial charge in [0.05, 0.1) is 44.9 Å². The first-order valence-electron chi connectivity index (χ1n) is 20.8. The third-order valence-electron chi connectivity index (χ3n) is 11.0. The molecule has 0 aliphatic carbocycles. The number of benzene rings is 2. The Hall–Kier alpha value is -4.93. The van der Waals surface area contributed by atoms with Crippen molar-refractivity contribution in [1.82, 2.24) is 34.4 Å². The topological polar surface area (TPSA) is 195 Å². The molecule has 4 heterocycles. The molecule has 5 aromatic rings. The van der Waals surface area contributed by atoms with Crippen LogP contribution >= 0.6 is 36.4 Å². The predicted octanol–water partition coefficient (Wildman–Crippen LogP) is 3.37. The van der Waals surface area contributed by atoms with Gasteiger partial charge in [0, 0.05) is 63.6 Å². The van der Waals surface area contributed by atoms with Crippen LogP contribution in [0.4, 0.5) is 11.6 Å². The molecule has 19 heteroatoms. The second-order valence-electron chi connectivity index (χ2n) is 15.6. The molecule has 0 radical (unpaired) electrons. The van der Waals surface area contributed by atoms with Gasteiger partial charge in [-0.2, -0.15) is 0 Å². The Morgan fingerprint density at radius 1 is 0.746 bits per heavy atom. The van der Waals surface area contributed by atoms with E-state index < -0.39 is 5.91 Å². The summed E-state index contributed by atoms with van der Waals surface area (Å²) >= 11 is 6.09. The van der Waals surface area contributed by atoms with Crippen molar-refractivity contribution in [2.45, 2.75) is 83.3 Å². The van der Waals surface area contributed by atoms with Crippen LogP contribution < -0.4 is 38.7 Å². The lowest BCUT2D eigenvalue weighted by atomic mass is 9.99. The van der Waals surface area contributed by atoms with E-state index in [0.29, 0.717) is 24.3 Å². The molecule has 63 heavy (non-hydrogen) atoms. The zero-order valence-corrected chi connectivity index (χ0v) is 38.4. The third-order valence-corrected chi connectivity index (χ3v) is 11.2. The number of hydrogen-bond acceptors (Lipinski definition) is 11. The van der Waals surface area contributed by atoms with Crippen LogP contribution in [0.2, 0.25) is 5.15 Å². The minimum atomic E-state index is -0.413. The number of aromatic nitrogens is 6. The van der Waals surface area contributed by atoms with Gasteiger partial charge in [0.25, 0.3) is 5.91 Å². The molecule has 0 unspecified atom stereocenters. The Morgan fingerprint density at radius 3 is 1.73 bits per heavy atom. The number of nitrogens with two attached hydrogens (primary N) is 2. The largest absolute Gasteiger partial charge is 1.00 e. The highest BCUT2D eigenvalue weighted by Crippen LogP contribution is 2.25. The van der Waals surface area contributed by atoms with Crippen LogP contribution in [0.3, 0.4) is 0 Å². The lowest BCUT2D eigenvalue weighted by Gasteiger charge is -2.45. The number of nitrogens with one attached hydrogen (secondary N) is 1. The van der Waals surface area contributed by atoms with Crippen molar-refractivity contribution in [2.24, 2.45) is 0 Å². The highest BCUT2D eigenvalue weighted by Gasteiger charge is 2.35. The van der Waals surface area contributed by atoms with Gasteiger partial charge in [-0.3, -0.25) is 14.4 Å². The molecule has 1 aliphatic rings. The van der Waals surface area contributed by atoms with Crippen molar-refractivity contribution in [1.29, 1.82) is 0 Å². The zero-order chi connectivity index (χ0) is 42.2. The molecular formula is C44H58Cl4N10O5. The van der Waals surface area contributed by atoms with Crippen molar-refractivity contribution in [2.75, 3.05) is 50.9 Å². The van der Waals surface area contributed by atoms with Gasteiger partial charge in [-0.25, -0.2) is 19.9 Å². The number of likely N-dealkylation sites (tertiary alicyclic amines) is 1. The summed E-state index contributed by atoms with van der Waals surface area (Å²) in [4.78, 5) is 54.3. The van der Waals surface area contributed by atoms with Gasteiger partial charge in [-0.05, 0) is 73.9 Å². The molecule has 5 N–H and O–H groups in total. The van der Waals surface area contributed by atoms with Crippen LogP contribution in [0, 0.1) is 0 Å². The predicted molar refractivity (Wildman–Crippen MR) is 244 cm³/mol. The van der Waals surface area contributed by atoms with Crippen molar-refractivity contribution >= 4 is 65.5 Å². The van der Waals surface area contributed by atoms with Crippen molar-refractivity contribution in [3.8, 4) is 11.5 Å². The Kier molecular flexibility index (Phi) is 22.2. The molecule has 15 nitrogen and oxygen atoms in total. The Bertz CT molecular complexity index is 2020. The minimum absolute atomic E-state index is 0. The quantitative estimate of drug-likeness (QED) is 0.0769. The number of quaternary nitrogens is 1. The molecule has 0 spiro atoms.